The third-order valence-corrected chi connectivity index (χ3v) is 1.66. The van der Waals surface area contributed by atoms with Crippen LogP contribution in [0.25, 0.3) is 0 Å². The number of rotatable bonds is 2. The molecule has 2 nitrogen and oxygen atoms in total. The second kappa shape index (κ2) is 4.11. The van der Waals surface area contributed by atoms with Gasteiger partial charge in [0.1, 0.15) is 11.4 Å². The van der Waals surface area contributed by atoms with Crippen molar-refractivity contribution in [2.45, 2.75) is 12.6 Å². The average Bonchev–Trinajstić information content (AvgIpc) is 2.15. The Balaban J connectivity index is 3.48. The van der Waals surface area contributed by atoms with Crippen LogP contribution in [0.5, 0.6) is 0 Å². The van der Waals surface area contributed by atoms with Crippen LogP contribution in [-0.4, -0.2) is 11.3 Å². The van der Waals surface area contributed by atoms with Crippen LogP contribution in [0.2, 0.25) is 0 Å². The van der Waals surface area contributed by atoms with Gasteiger partial charge in [0.15, 0.2) is 12.1 Å². The summed E-state index contributed by atoms with van der Waals surface area (Å²) in [6.45, 7) is 0. The average molecular weight is 243 g/mol. The summed E-state index contributed by atoms with van der Waals surface area (Å²) in [5.41, 5.74) is -4.62. The Bertz CT molecular complexity index is 414. The van der Waals surface area contributed by atoms with Crippen LogP contribution in [0.1, 0.15) is 28.2 Å². The molecule has 1 aromatic heterocycles. The van der Waals surface area contributed by atoms with Gasteiger partial charge >= 0.3 is 6.18 Å². The molecule has 0 spiro atoms. The Morgan fingerprint density at radius 1 is 1.31 bits per heavy atom. The van der Waals surface area contributed by atoms with E-state index in [9.17, 15) is 31.1 Å². The number of carbonyl (C=O) groups excluding carboxylic acids is 1. The lowest BCUT2D eigenvalue weighted by Gasteiger charge is -2.12. The first-order valence-corrected chi connectivity index (χ1v) is 3.78. The number of aromatic nitrogens is 1. The van der Waals surface area contributed by atoms with Gasteiger partial charge in [0, 0.05) is 0 Å². The zero-order valence-electron chi connectivity index (χ0n) is 7.36. The number of aldehydes is 1. The van der Waals surface area contributed by atoms with Crippen molar-refractivity contribution in [3.8, 4) is 0 Å². The second-order valence-corrected chi connectivity index (χ2v) is 2.70. The van der Waals surface area contributed by atoms with Crippen molar-refractivity contribution >= 4 is 6.29 Å². The van der Waals surface area contributed by atoms with E-state index in [0.717, 1.165) is 0 Å². The van der Waals surface area contributed by atoms with E-state index in [4.69, 9.17) is 0 Å². The Morgan fingerprint density at radius 3 is 2.25 bits per heavy atom. The van der Waals surface area contributed by atoms with Crippen molar-refractivity contribution in [2.75, 3.05) is 0 Å². The third kappa shape index (κ3) is 2.31. The van der Waals surface area contributed by atoms with Crippen molar-refractivity contribution in [3.63, 3.8) is 0 Å². The summed E-state index contributed by atoms with van der Waals surface area (Å²) in [6, 6.07) is -0.168. The van der Waals surface area contributed by atoms with Crippen molar-refractivity contribution in [1.29, 1.82) is 0 Å². The molecule has 0 radical (unpaired) electrons. The standard InChI is InChI=1S/C8H3F6NO/c9-4-1-3(8(12,13)14)6(7(10)11)15-5(4)2-16/h1-2,7H. The third-order valence-electron chi connectivity index (χ3n) is 1.66. The number of hydrogen-bond donors (Lipinski definition) is 0. The molecule has 0 saturated heterocycles. The van der Waals surface area contributed by atoms with E-state index in [1.165, 1.54) is 0 Å². The molecule has 0 amide bonds. The lowest BCUT2D eigenvalue weighted by atomic mass is 10.1. The molecule has 1 aromatic rings. The Hall–Kier alpha value is -1.60. The molecule has 0 atom stereocenters. The van der Waals surface area contributed by atoms with Crippen LogP contribution in [0.15, 0.2) is 6.07 Å². The van der Waals surface area contributed by atoms with E-state index >= 15 is 0 Å². The zero-order chi connectivity index (χ0) is 12.5. The lowest BCUT2D eigenvalue weighted by Crippen LogP contribution is -2.14. The summed E-state index contributed by atoms with van der Waals surface area (Å²) < 4.78 is 73.8. The molecule has 0 bridgehead atoms. The van der Waals surface area contributed by atoms with Crippen molar-refractivity contribution in [3.05, 3.63) is 28.8 Å². The molecule has 0 fully saturated rings. The molecule has 0 aromatic carbocycles. The van der Waals surface area contributed by atoms with Gasteiger partial charge in [-0.3, -0.25) is 4.79 Å². The molecule has 0 aliphatic rings. The fourth-order valence-electron chi connectivity index (χ4n) is 0.994. The molecule has 0 N–H and O–H groups in total. The summed E-state index contributed by atoms with van der Waals surface area (Å²) >= 11 is 0. The van der Waals surface area contributed by atoms with Gasteiger partial charge < -0.3 is 0 Å². The van der Waals surface area contributed by atoms with E-state index in [1.807, 2.05) is 0 Å². The Kier molecular flexibility index (Phi) is 3.20. The van der Waals surface area contributed by atoms with Gasteiger partial charge in [0.2, 0.25) is 0 Å². The van der Waals surface area contributed by atoms with Crippen LogP contribution in [0.3, 0.4) is 0 Å². The number of hydrogen-bond acceptors (Lipinski definition) is 2. The maximum atomic E-state index is 12.8. The van der Waals surface area contributed by atoms with E-state index in [1.54, 1.807) is 0 Å². The first-order chi connectivity index (χ1) is 7.27. The molecule has 0 unspecified atom stereocenters. The van der Waals surface area contributed by atoms with Crippen LogP contribution >= 0.6 is 0 Å². The highest BCUT2D eigenvalue weighted by Crippen LogP contribution is 2.35. The highest BCUT2D eigenvalue weighted by molar-refractivity contribution is 5.72. The lowest BCUT2D eigenvalue weighted by molar-refractivity contribution is -0.140. The van der Waals surface area contributed by atoms with Gasteiger partial charge in [-0.05, 0) is 6.07 Å². The fraction of sp³-hybridized carbons (Fsp3) is 0.250. The van der Waals surface area contributed by atoms with Gasteiger partial charge in [-0.15, -0.1) is 0 Å². The first kappa shape index (κ1) is 12.5. The van der Waals surface area contributed by atoms with E-state index in [2.05, 4.69) is 4.98 Å². The van der Waals surface area contributed by atoms with E-state index in [-0.39, 0.29) is 12.4 Å². The van der Waals surface area contributed by atoms with Gasteiger partial charge in [-0.2, -0.15) is 13.2 Å². The maximum absolute atomic E-state index is 12.8. The molecule has 0 saturated carbocycles. The highest BCUT2D eigenvalue weighted by atomic mass is 19.4. The van der Waals surface area contributed by atoms with Gasteiger partial charge in [0.25, 0.3) is 6.43 Å². The van der Waals surface area contributed by atoms with Crippen molar-refractivity contribution in [2.24, 2.45) is 0 Å². The molecule has 88 valence electrons. The Labute approximate surface area is 84.9 Å². The summed E-state index contributed by atoms with van der Waals surface area (Å²) in [5, 5.41) is 0. The molecule has 1 rings (SSSR count). The second-order valence-electron chi connectivity index (χ2n) is 2.70. The number of carbonyl (C=O) groups is 1. The molecular formula is C8H3F6NO. The molecule has 0 aliphatic carbocycles. The Morgan fingerprint density at radius 2 is 1.88 bits per heavy atom. The molecule has 16 heavy (non-hydrogen) atoms. The summed E-state index contributed by atoms with van der Waals surface area (Å²) in [5.74, 6) is -1.59. The first-order valence-electron chi connectivity index (χ1n) is 3.78. The smallest absolute Gasteiger partial charge is 0.296 e. The molecule has 1 heterocycles. The number of pyridine rings is 1. The molecular weight excluding hydrogens is 240 g/mol. The monoisotopic (exact) mass is 243 g/mol. The summed E-state index contributed by atoms with van der Waals surface area (Å²) in [4.78, 5) is 12.8. The van der Waals surface area contributed by atoms with Gasteiger partial charge in [-0.25, -0.2) is 18.2 Å². The molecule has 8 heteroatoms. The van der Waals surface area contributed by atoms with Crippen molar-refractivity contribution in [1.82, 2.24) is 4.98 Å². The number of alkyl halides is 5. The van der Waals surface area contributed by atoms with Gasteiger partial charge in [0.05, 0.1) is 5.56 Å². The predicted molar refractivity (Wildman–Crippen MR) is 39.5 cm³/mol. The highest BCUT2D eigenvalue weighted by Gasteiger charge is 2.38. The summed E-state index contributed by atoms with van der Waals surface area (Å²) in [6.07, 6.45) is -8.93. The largest absolute Gasteiger partial charge is 0.418 e. The van der Waals surface area contributed by atoms with E-state index < -0.39 is 35.4 Å². The molecule has 0 aliphatic heterocycles. The topological polar surface area (TPSA) is 30.0 Å². The number of halogens is 6. The minimum Gasteiger partial charge on any atom is -0.296 e. The van der Waals surface area contributed by atoms with Crippen LogP contribution in [0.4, 0.5) is 26.3 Å². The normalized spacial score (nSPS) is 11.9. The van der Waals surface area contributed by atoms with Crippen molar-refractivity contribution < 1.29 is 31.1 Å². The van der Waals surface area contributed by atoms with Crippen LogP contribution in [0, 0.1) is 5.82 Å². The van der Waals surface area contributed by atoms with Crippen LogP contribution < -0.4 is 0 Å². The quantitative estimate of drug-likeness (QED) is 0.590. The van der Waals surface area contributed by atoms with Gasteiger partial charge in [-0.1, -0.05) is 0 Å². The number of nitrogens with zero attached hydrogens (tertiary/aromatic N) is 1. The summed E-state index contributed by atoms with van der Waals surface area (Å²) in [7, 11) is 0. The minimum absolute atomic E-state index is 0.168. The van der Waals surface area contributed by atoms with Crippen LogP contribution in [-0.2, 0) is 6.18 Å². The maximum Gasteiger partial charge on any atom is 0.418 e. The van der Waals surface area contributed by atoms with E-state index in [0.29, 0.717) is 0 Å². The zero-order valence-corrected chi connectivity index (χ0v) is 7.36. The SMILES string of the molecule is O=Cc1nc(C(F)F)c(C(F)(F)F)cc1F. The predicted octanol–water partition coefficient (Wildman–Crippen LogP) is 2.99. The minimum atomic E-state index is -5.15. The fourth-order valence-corrected chi connectivity index (χ4v) is 0.994.